The smallest absolute Gasteiger partial charge is 0.344 e. The summed E-state index contributed by atoms with van der Waals surface area (Å²) in [5.41, 5.74) is -1.02. The fourth-order valence-corrected chi connectivity index (χ4v) is 1.32. The van der Waals surface area contributed by atoms with Crippen LogP contribution in [0.5, 0.6) is 11.6 Å². The maximum Gasteiger partial charge on any atom is 0.344 e. The van der Waals surface area contributed by atoms with E-state index in [1.165, 1.54) is 14.2 Å². The van der Waals surface area contributed by atoms with Gasteiger partial charge in [-0.2, -0.15) is 0 Å². The molecule has 0 bridgehead atoms. The van der Waals surface area contributed by atoms with Gasteiger partial charge in [0.25, 0.3) is 6.43 Å². The molecule has 5 nitrogen and oxygen atoms in total. The Kier molecular flexibility index (Phi) is 4.19. The Morgan fingerprint density at radius 1 is 1.29 bits per heavy atom. The predicted molar refractivity (Wildman–Crippen MR) is 53.6 cm³/mol. The number of pyridine rings is 1. The van der Waals surface area contributed by atoms with Crippen LogP contribution in [0.4, 0.5) is 8.78 Å². The van der Waals surface area contributed by atoms with Gasteiger partial charge in [0.1, 0.15) is 11.3 Å². The summed E-state index contributed by atoms with van der Waals surface area (Å²) in [5, 5.41) is 0. The quantitative estimate of drug-likeness (QED) is 0.759. The first-order chi connectivity index (χ1) is 8.06. The summed E-state index contributed by atoms with van der Waals surface area (Å²) >= 11 is 0. The second-order valence-corrected chi connectivity index (χ2v) is 2.92. The van der Waals surface area contributed by atoms with E-state index in [0.29, 0.717) is 0 Å². The third-order valence-corrected chi connectivity index (χ3v) is 2.07. The van der Waals surface area contributed by atoms with Crippen molar-refractivity contribution in [2.45, 2.75) is 6.43 Å². The van der Waals surface area contributed by atoms with Gasteiger partial charge in [-0.1, -0.05) is 0 Å². The highest BCUT2D eigenvalue weighted by Gasteiger charge is 2.28. The van der Waals surface area contributed by atoms with E-state index < -0.39 is 23.5 Å². The number of aromatic nitrogens is 1. The topological polar surface area (TPSA) is 57.7 Å². The van der Waals surface area contributed by atoms with Crippen molar-refractivity contribution in [2.75, 3.05) is 21.3 Å². The third kappa shape index (κ3) is 2.43. The predicted octanol–water partition coefficient (Wildman–Crippen LogP) is 1.82. The Morgan fingerprint density at radius 2 is 1.94 bits per heavy atom. The molecule has 0 aliphatic heterocycles. The standard InChI is InChI=1S/C10H11F2NO4/c1-15-5-4-13-9(16-2)7(10(14)17-3)6(5)8(11)12/h4,8H,1-3H3. The highest BCUT2D eigenvalue weighted by molar-refractivity contribution is 5.94. The highest BCUT2D eigenvalue weighted by Crippen LogP contribution is 2.35. The molecule has 1 heterocycles. The number of methoxy groups -OCH3 is 3. The molecule has 0 spiro atoms. The zero-order valence-electron chi connectivity index (χ0n) is 9.49. The fraction of sp³-hybridized carbons (Fsp3) is 0.400. The molecule has 0 saturated carbocycles. The summed E-state index contributed by atoms with van der Waals surface area (Å²) in [6, 6.07) is 0. The van der Waals surface area contributed by atoms with E-state index in [-0.39, 0.29) is 11.6 Å². The largest absolute Gasteiger partial charge is 0.495 e. The summed E-state index contributed by atoms with van der Waals surface area (Å²) < 4.78 is 39.7. The third-order valence-electron chi connectivity index (χ3n) is 2.07. The maximum atomic E-state index is 12.9. The summed E-state index contributed by atoms with van der Waals surface area (Å²) in [6.45, 7) is 0. The highest BCUT2D eigenvalue weighted by atomic mass is 19.3. The summed E-state index contributed by atoms with van der Waals surface area (Å²) in [6.07, 6.45) is -1.84. The second kappa shape index (κ2) is 5.42. The molecular formula is C10H11F2NO4. The number of hydrogen-bond acceptors (Lipinski definition) is 5. The lowest BCUT2D eigenvalue weighted by molar-refractivity contribution is 0.0582. The summed E-state index contributed by atoms with van der Waals surface area (Å²) in [7, 11) is 3.50. The molecule has 0 aliphatic carbocycles. The van der Waals surface area contributed by atoms with Crippen molar-refractivity contribution in [1.82, 2.24) is 4.98 Å². The first-order valence-corrected chi connectivity index (χ1v) is 4.54. The van der Waals surface area contributed by atoms with E-state index in [4.69, 9.17) is 9.47 Å². The van der Waals surface area contributed by atoms with Gasteiger partial charge in [-0.3, -0.25) is 0 Å². The van der Waals surface area contributed by atoms with Gasteiger partial charge >= 0.3 is 5.97 Å². The van der Waals surface area contributed by atoms with Crippen LogP contribution < -0.4 is 9.47 Å². The summed E-state index contributed by atoms with van der Waals surface area (Å²) in [4.78, 5) is 15.2. The number of alkyl halides is 2. The molecule has 0 saturated heterocycles. The van der Waals surface area contributed by atoms with Gasteiger partial charge in [0.2, 0.25) is 5.88 Å². The molecule has 0 aliphatic rings. The van der Waals surface area contributed by atoms with Crippen molar-refractivity contribution in [3.63, 3.8) is 0 Å². The Labute approximate surface area is 96.3 Å². The molecule has 1 aromatic heterocycles. The zero-order valence-corrected chi connectivity index (χ0v) is 9.49. The van der Waals surface area contributed by atoms with Crippen LogP contribution >= 0.6 is 0 Å². The molecule has 0 unspecified atom stereocenters. The van der Waals surface area contributed by atoms with Crippen LogP contribution in [-0.4, -0.2) is 32.3 Å². The number of carbonyl (C=O) groups excluding carboxylic acids is 1. The molecule has 7 heteroatoms. The molecule has 0 amide bonds. The lowest BCUT2D eigenvalue weighted by Crippen LogP contribution is -2.11. The number of ether oxygens (including phenoxy) is 3. The van der Waals surface area contributed by atoms with Crippen molar-refractivity contribution in [3.05, 3.63) is 17.3 Å². The average Bonchev–Trinajstić information content (AvgIpc) is 2.35. The number of hydrogen-bond donors (Lipinski definition) is 0. The lowest BCUT2D eigenvalue weighted by Gasteiger charge is -2.13. The van der Waals surface area contributed by atoms with Crippen molar-refractivity contribution >= 4 is 5.97 Å². The number of rotatable bonds is 4. The van der Waals surface area contributed by atoms with Gasteiger partial charge in [0.05, 0.1) is 33.1 Å². The summed E-state index contributed by atoms with van der Waals surface area (Å²) in [5.74, 6) is -1.38. The Hall–Kier alpha value is -1.92. The first-order valence-electron chi connectivity index (χ1n) is 4.54. The SMILES string of the molecule is COC(=O)c1c(OC)ncc(OC)c1C(F)F. The number of carbonyl (C=O) groups is 1. The number of nitrogens with zero attached hydrogens (tertiary/aromatic N) is 1. The molecule has 1 aromatic rings. The van der Waals surface area contributed by atoms with E-state index in [1.807, 2.05) is 0 Å². The minimum Gasteiger partial charge on any atom is -0.495 e. The molecule has 0 fully saturated rings. The fourth-order valence-electron chi connectivity index (χ4n) is 1.32. The van der Waals surface area contributed by atoms with Crippen molar-refractivity contribution in [2.24, 2.45) is 0 Å². The Balaban J connectivity index is 3.52. The van der Waals surface area contributed by atoms with Crippen LogP contribution in [0.25, 0.3) is 0 Å². The van der Waals surface area contributed by atoms with Crippen LogP contribution in [0.2, 0.25) is 0 Å². The van der Waals surface area contributed by atoms with Gasteiger partial charge < -0.3 is 14.2 Å². The molecule has 0 N–H and O–H groups in total. The van der Waals surface area contributed by atoms with E-state index >= 15 is 0 Å². The minimum absolute atomic E-state index is 0.193. The van der Waals surface area contributed by atoms with E-state index in [2.05, 4.69) is 9.72 Å². The van der Waals surface area contributed by atoms with Gasteiger partial charge in [0, 0.05) is 0 Å². The average molecular weight is 247 g/mol. The molecular weight excluding hydrogens is 236 g/mol. The van der Waals surface area contributed by atoms with Gasteiger partial charge in [0.15, 0.2) is 0 Å². The van der Waals surface area contributed by atoms with E-state index in [9.17, 15) is 13.6 Å². The van der Waals surface area contributed by atoms with Crippen LogP contribution in [0.1, 0.15) is 22.3 Å². The van der Waals surface area contributed by atoms with Crippen LogP contribution in [0.3, 0.4) is 0 Å². The van der Waals surface area contributed by atoms with Gasteiger partial charge in [-0.15, -0.1) is 0 Å². The van der Waals surface area contributed by atoms with Crippen molar-refractivity contribution in [1.29, 1.82) is 0 Å². The monoisotopic (exact) mass is 247 g/mol. The minimum atomic E-state index is -2.91. The van der Waals surface area contributed by atoms with Gasteiger partial charge in [-0.05, 0) is 0 Å². The molecule has 1 rings (SSSR count). The van der Waals surface area contributed by atoms with Crippen molar-refractivity contribution in [3.8, 4) is 11.6 Å². The first kappa shape index (κ1) is 13.1. The lowest BCUT2D eigenvalue weighted by atomic mass is 10.1. The van der Waals surface area contributed by atoms with Gasteiger partial charge in [-0.25, -0.2) is 18.6 Å². The number of esters is 1. The molecule has 17 heavy (non-hydrogen) atoms. The number of halogens is 2. The maximum absolute atomic E-state index is 12.9. The van der Waals surface area contributed by atoms with E-state index in [0.717, 1.165) is 13.3 Å². The van der Waals surface area contributed by atoms with Crippen LogP contribution in [-0.2, 0) is 4.74 Å². The molecule has 0 radical (unpaired) electrons. The molecule has 0 atom stereocenters. The van der Waals surface area contributed by atoms with Crippen LogP contribution in [0.15, 0.2) is 6.20 Å². The second-order valence-electron chi connectivity index (χ2n) is 2.92. The zero-order chi connectivity index (χ0) is 13.0. The molecule has 94 valence electrons. The molecule has 0 aromatic carbocycles. The Morgan fingerprint density at radius 3 is 2.35 bits per heavy atom. The van der Waals surface area contributed by atoms with Crippen molar-refractivity contribution < 1.29 is 27.8 Å². The van der Waals surface area contributed by atoms with Crippen LogP contribution in [0, 0.1) is 0 Å². The normalized spacial score (nSPS) is 10.2. The Bertz CT molecular complexity index is 423. The van der Waals surface area contributed by atoms with E-state index in [1.54, 1.807) is 0 Å².